The number of hydrogen-bond acceptors (Lipinski definition) is 8. The first-order chi connectivity index (χ1) is 15.2. The van der Waals surface area contributed by atoms with Crippen LogP contribution in [0.2, 0.25) is 0 Å². The molecule has 0 saturated heterocycles. The number of thiazole rings is 1. The molecular formula is C21H20N2O7S2. The minimum Gasteiger partial charge on any atom is -0.465 e. The van der Waals surface area contributed by atoms with Crippen LogP contribution in [0.5, 0.6) is 11.5 Å². The van der Waals surface area contributed by atoms with Crippen molar-refractivity contribution in [3.05, 3.63) is 46.8 Å². The third-order valence-corrected chi connectivity index (χ3v) is 6.87. The van der Waals surface area contributed by atoms with Gasteiger partial charge in [0.05, 0.1) is 28.1 Å². The fourth-order valence-corrected chi connectivity index (χ4v) is 4.90. The lowest BCUT2D eigenvalue weighted by atomic mass is 10.1. The Morgan fingerprint density at radius 2 is 1.84 bits per heavy atom. The number of amides is 1. The lowest BCUT2D eigenvalue weighted by Gasteiger charge is -2.06. The lowest BCUT2D eigenvalue weighted by molar-refractivity contribution is -0.143. The van der Waals surface area contributed by atoms with E-state index in [-0.39, 0.29) is 31.3 Å². The highest BCUT2D eigenvalue weighted by atomic mass is 32.2. The van der Waals surface area contributed by atoms with Crippen molar-refractivity contribution in [2.75, 3.05) is 19.7 Å². The number of esters is 1. The van der Waals surface area contributed by atoms with Gasteiger partial charge in [0, 0.05) is 18.4 Å². The summed E-state index contributed by atoms with van der Waals surface area (Å²) in [7, 11) is -3.31. The van der Waals surface area contributed by atoms with Gasteiger partial charge < -0.3 is 18.8 Å². The smallest absolute Gasteiger partial charge is 0.326 e. The number of sulfone groups is 1. The summed E-state index contributed by atoms with van der Waals surface area (Å²) in [6, 6.07) is 9.62. The zero-order chi connectivity index (χ0) is 22.9. The second-order valence-electron chi connectivity index (χ2n) is 7.05. The summed E-state index contributed by atoms with van der Waals surface area (Å²) < 4.78 is 41.5. The van der Waals surface area contributed by atoms with Crippen LogP contribution >= 0.6 is 11.3 Å². The average Bonchev–Trinajstić information content (AvgIpc) is 3.30. The van der Waals surface area contributed by atoms with Crippen molar-refractivity contribution in [3.63, 3.8) is 0 Å². The van der Waals surface area contributed by atoms with Crippen LogP contribution in [0.3, 0.4) is 0 Å². The summed E-state index contributed by atoms with van der Waals surface area (Å²) in [6.45, 7) is 1.97. The third kappa shape index (κ3) is 4.68. The minimum atomic E-state index is -3.31. The molecule has 0 atom stereocenters. The van der Waals surface area contributed by atoms with Gasteiger partial charge in [-0.25, -0.2) is 8.42 Å². The monoisotopic (exact) mass is 476 g/mol. The molecule has 0 bridgehead atoms. The molecule has 2 aromatic carbocycles. The number of aromatic nitrogens is 1. The van der Waals surface area contributed by atoms with Crippen molar-refractivity contribution in [1.82, 2.24) is 4.57 Å². The maximum Gasteiger partial charge on any atom is 0.326 e. The predicted octanol–water partition coefficient (Wildman–Crippen LogP) is 2.07. The molecule has 2 heterocycles. The average molecular weight is 477 g/mol. The maximum absolute atomic E-state index is 12.6. The largest absolute Gasteiger partial charge is 0.465 e. The molecule has 3 aromatic rings. The van der Waals surface area contributed by atoms with E-state index in [2.05, 4.69) is 4.99 Å². The molecule has 0 aliphatic carbocycles. The van der Waals surface area contributed by atoms with E-state index in [1.807, 2.05) is 0 Å². The van der Waals surface area contributed by atoms with Crippen molar-refractivity contribution in [2.45, 2.75) is 24.8 Å². The molecule has 11 heteroatoms. The van der Waals surface area contributed by atoms with E-state index in [0.29, 0.717) is 27.4 Å². The predicted molar refractivity (Wildman–Crippen MR) is 116 cm³/mol. The van der Waals surface area contributed by atoms with Gasteiger partial charge in [0.25, 0.3) is 5.91 Å². The Morgan fingerprint density at radius 3 is 2.50 bits per heavy atom. The standard InChI is InChI=1S/C21H20N2O7S2/c1-3-28-20(25)11-23-15-9-16-17(30-12-29-16)10-18(15)31-21(23)22-19(24)8-13-4-6-14(7-5-13)32(2,26)27/h4-7,9-10H,3,8,11-12H2,1-2H3. The highest BCUT2D eigenvalue weighted by molar-refractivity contribution is 7.90. The van der Waals surface area contributed by atoms with Crippen LogP contribution in [-0.2, 0) is 37.1 Å². The Balaban J connectivity index is 1.68. The number of hydrogen-bond donors (Lipinski definition) is 0. The van der Waals surface area contributed by atoms with Gasteiger partial charge in [-0.1, -0.05) is 23.5 Å². The zero-order valence-electron chi connectivity index (χ0n) is 17.4. The zero-order valence-corrected chi connectivity index (χ0v) is 19.0. The summed E-state index contributed by atoms with van der Waals surface area (Å²) in [5.74, 6) is 0.263. The number of carbonyl (C=O) groups is 2. The van der Waals surface area contributed by atoms with E-state index in [4.69, 9.17) is 14.2 Å². The van der Waals surface area contributed by atoms with Crippen LogP contribution in [0.1, 0.15) is 12.5 Å². The molecule has 0 N–H and O–H groups in total. The molecule has 1 amide bonds. The van der Waals surface area contributed by atoms with Crippen LogP contribution in [0.4, 0.5) is 0 Å². The summed E-state index contributed by atoms with van der Waals surface area (Å²) >= 11 is 1.25. The molecule has 0 unspecified atom stereocenters. The number of rotatable bonds is 6. The van der Waals surface area contributed by atoms with Crippen LogP contribution in [0, 0.1) is 0 Å². The van der Waals surface area contributed by atoms with Crippen molar-refractivity contribution in [2.24, 2.45) is 4.99 Å². The topological polar surface area (TPSA) is 113 Å². The van der Waals surface area contributed by atoms with E-state index >= 15 is 0 Å². The van der Waals surface area contributed by atoms with Gasteiger partial charge in [0.2, 0.25) is 6.79 Å². The van der Waals surface area contributed by atoms with Crippen molar-refractivity contribution >= 4 is 43.3 Å². The Hall–Kier alpha value is -3.18. The van der Waals surface area contributed by atoms with Gasteiger partial charge in [-0.15, -0.1) is 0 Å². The first-order valence-electron chi connectivity index (χ1n) is 9.70. The number of carbonyl (C=O) groups excluding carboxylic acids is 2. The number of nitrogens with zero attached hydrogens (tertiary/aromatic N) is 2. The van der Waals surface area contributed by atoms with Crippen molar-refractivity contribution < 1.29 is 32.2 Å². The Bertz CT molecular complexity index is 1370. The molecule has 1 aromatic heterocycles. The second kappa shape index (κ2) is 8.75. The Labute approximate surface area is 187 Å². The van der Waals surface area contributed by atoms with Gasteiger partial charge in [-0.3, -0.25) is 9.59 Å². The minimum absolute atomic E-state index is 0.0135. The molecule has 168 valence electrons. The fourth-order valence-electron chi connectivity index (χ4n) is 3.21. The summed E-state index contributed by atoms with van der Waals surface area (Å²) in [4.78, 5) is 29.5. The maximum atomic E-state index is 12.6. The van der Waals surface area contributed by atoms with E-state index < -0.39 is 21.7 Å². The molecule has 9 nitrogen and oxygen atoms in total. The van der Waals surface area contributed by atoms with Gasteiger partial charge >= 0.3 is 5.97 Å². The first kappa shape index (κ1) is 22.0. The van der Waals surface area contributed by atoms with Crippen LogP contribution in [0.15, 0.2) is 46.3 Å². The van der Waals surface area contributed by atoms with Gasteiger partial charge in [-0.2, -0.15) is 4.99 Å². The quantitative estimate of drug-likeness (QED) is 0.501. The van der Waals surface area contributed by atoms with E-state index in [1.54, 1.807) is 35.8 Å². The molecule has 0 radical (unpaired) electrons. The van der Waals surface area contributed by atoms with Crippen molar-refractivity contribution in [3.8, 4) is 11.5 Å². The summed E-state index contributed by atoms with van der Waals surface area (Å²) in [5.41, 5.74) is 1.31. The molecule has 1 aliphatic rings. The first-order valence-corrected chi connectivity index (χ1v) is 12.4. The van der Waals surface area contributed by atoms with Crippen molar-refractivity contribution in [1.29, 1.82) is 0 Å². The number of ether oxygens (including phenoxy) is 3. The number of fused-ring (bicyclic) bond motifs is 2. The molecule has 32 heavy (non-hydrogen) atoms. The second-order valence-corrected chi connectivity index (χ2v) is 10.1. The Kier molecular flexibility index (Phi) is 6.02. The molecule has 4 rings (SSSR count). The summed E-state index contributed by atoms with van der Waals surface area (Å²) in [6.07, 6.45) is 1.11. The lowest BCUT2D eigenvalue weighted by Crippen LogP contribution is -2.23. The number of benzene rings is 2. The molecule has 1 aliphatic heterocycles. The van der Waals surface area contributed by atoms with Gasteiger partial charge in [0.15, 0.2) is 26.1 Å². The molecule has 0 fully saturated rings. The third-order valence-electron chi connectivity index (χ3n) is 4.70. The highest BCUT2D eigenvalue weighted by Crippen LogP contribution is 2.37. The molecule has 0 spiro atoms. The summed E-state index contributed by atoms with van der Waals surface area (Å²) in [5, 5.41) is 0. The van der Waals surface area contributed by atoms with E-state index in [0.717, 1.165) is 11.0 Å². The Morgan fingerprint density at radius 1 is 1.16 bits per heavy atom. The SMILES string of the molecule is CCOC(=O)Cn1c(=NC(=O)Cc2ccc(S(C)(=O)=O)cc2)sc2cc3c(cc21)OCO3. The van der Waals surface area contributed by atoms with Gasteiger partial charge in [-0.05, 0) is 24.6 Å². The molecular weight excluding hydrogens is 456 g/mol. The van der Waals surface area contributed by atoms with Crippen LogP contribution < -0.4 is 14.3 Å². The van der Waals surface area contributed by atoms with Gasteiger partial charge in [0.1, 0.15) is 6.54 Å². The van der Waals surface area contributed by atoms with Crippen LogP contribution in [0.25, 0.3) is 10.2 Å². The fraction of sp³-hybridized carbons (Fsp3) is 0.286. The highest BCUT2D eigenvalue weighted by Gasteiger charge is 2.19. The van der Waals surface area contributed by atoms with E-state index in [1.165, 1.54) is 23.5 Å². The van der Waals surface area contributed by atoms with Crippen LogP contribution in [-0.4, -0.2) is 44.5 Å². The molecule has 0 saturated carbocycles. The van der Waals surface area contributed by atoms with E-state index in [9.17, 15) is 18.0 Å². The normalized spacial score (nSPS) is 13.5.